The predicted molar refractivity (Wildman–Crippen MR) is 123 cm³/mol. The third-order valence-electron chi connectivity index (χ3n) is 4.58. The first-order chi connectivity index (χ1) is 16.3. The Bertz CT molecular complexity index is 1200. The van der Waals surface area contributed by atoms with Gasteiger partial charge in [-0.15, -0.1) is 16.4 Å². The van der Waals surface area contributed by atoms with Gasteiger partial charge in [-0.3, -0.25) is 9.59 Å². The zero-order valence-electron chi connectivity index (χ0n) is 18.8. The van der Waals surface area contributed by atoms with Crippen LogP contribution in [0.3, 0.4) is 0 Å². The number of benzene rings is 1. The van der Waals surface area contributed by atoms with E-state index in [4.69, 9.17) is 9.47 Å². The first-order valence-electron chi connectivity index (χ1n) is 10.3. The van der Waals surface area contributed by atoms with Crippen LogP contribution in [0.25, 0.3) is 0 Å². The molecule has 1 aromatic carbocycles. The standard InChI is InChI=1S/C22H23N5O6S/c1-4-32-22(31)17-13(2)18(19(29)23-3)34-20(17)24-16(28)12-33-21(30)15-11-27(26-25-15)10-14-8-6-5-7-9-14/h5-9,11H,4,10,12H2,1-3H3,(H,23,29)(H,24,28). The highest BCUT2D eigenvalue weighted by molar-refractivity contribution is 7.18. The highest BCUT2D eigenvalue weighted by Gasteiger charge is 2.26. The van der Waals surface area contributed by atoms with Gasteiger partial charge in [0.15, 0.2) is 12.3 Å². The van der Waals surface area contributed by atoms with E-state index in [1.807, 2.05) is 30.3 Å². The topological polar surface area (TPSA) is 142 Å². The van der Waals surface area contributed by atoms with Crippen LogP contribution >= 0.6 is 11.3 Å². The first-order valence-corrected chi connectivity index (χ1v) is 11.1. The molecule has 3 rings (SSSR count). The molecule has 0 saturated carbocycles. The summed E-state index contributed by atoms with van der Waals surface area (Å²) < 4.78 is 11.5. The van der Waals surface area contributed by atoms with E-state index in [1.54, 1.807) is 13.8 Å². The zero-order valence-corrected chi connectivity index (χ0v) is 19.6. The summed E-state index contributed by atoms with van der Waals surface area (Å²) in [6, 6.07) is 9.50. The number of hydrogen-bond donors (Lipinski definition) is 2. The van der Waals surface area contributed by atoms with Gasteiger partial charge < -0.3 is 20.1 Å². The molecule has 2 N–H and O–H groups in total. The van der Waals surface area contributed by atoms with Crippen LogP contribution in [0.5, 0.6) is 0 Å². The van der Waals surface area contributed by atoms with E-state index in [-0.39, 0.29) is 27.7 Å². The summed E-state index contributed by atoms with van der Waals surface area (Å²) in [5.41, 5.74) is 1.38. The van der Waals surface area contributed by atoms with Gasteiger partial charge in [0.05, 0.1) is 29.8 Å². The summed E-state index contributed by atoms with van der Waals surface area (Å²) in [4.78, 5) is 49.4. The predicted octanol–water partition coefficient (Wildman–Crippen LogP) is 2.03. The number of hydrogen-bond acceptors (Lipinski definition) is 9. The Morgan fingerprint density at radius 3 is 2.50 bits per heavy atom. The number of esters is 2. The van der Waals surface area contributed by atoms with Gasteiger partial charge in [0.25, 0.3) is 11.8 Å². The molecule has 0 aliphatic carbocycles. The molecular weight excluding hydrogens is 462 g/mol. The minimum atomic E-state index is -0.825. The van der Waals surface area contributed by atoms with Crippen molar-refractivity contribution < 1.29 is 28.7 Å². The fourth-order valence-electron chi connectivity index (χ4n) is 2.99. The molecule has 0 spiro atoms. The van der Waals surface area contributed by atoms with Gasteiger partial charge >= 0.3 is 11.9 Å². The van der Waals surface area contributed by atoms with E-state index in [0.717, 1.165) is 16.9 Å². The minimum Gasteiger partial charge on any atom is -0.462 e. The molecule has 0 atom stereocenters. The van der Waals surface area contributed by atoms with Gasteiger partial charge in [-0.2, -0.15) is 0 Å². The van der Waals surface area contributed by atoms with Crippen LogP contribution in [-0.4, -0.2) is 59.0 Å². The Morgan fingerprint density at radius 1 is 1.09 bits per heavy atom. The quantitative estimate of drug-likeness (QED) is 0.439. The van der Waals surface area contributed by atoms with Crippen LogP contribution in [0.1, 0.15) is 48.6 Å². The van der Waals surface area contributed by atoms with Gasteiger partial charge in [0, 0.05) is 7.05 Å². The highest BCUT2D eigenvalue weighted by atomic mass is 32.1. The Morgan fingerprint density at radius 2 is 1.82 bits per heavy atom. The van der Waals surface area contributed by atoms with Gasteiger partial charge in [-0.25, -0.2) is 14.3 Å². The number of aromatic nitrogens is 3. The van der Waals surface area contributed by atoms with Crippen molar-refractivity contribution in [3.05, 3.63) is 63.8 Å². The van der Waals surface area contributed by atoms with Crippen molar-refractivity contribution in [2.24, 2.45) is 0 Å². The van der Waals surface area contributed by atoms with E-state index < -0.39 is 30.4 Å². The van der Waals surface area contributed by atoms with Crippen molar-refractivity contribution in [1.29, 1.82) is 0 Å². The molecule has 34 heavy (non-hydrogen) atoms. The fraction of sp³-hybridized carbons (Fsp3) is 0.273. The second-order valence-electron chi connectivity index (χ2n) is 6.97. The zero-order chi connectivity index (χ0) is 24.7. The molecule has 2 aromatic heterocycles. The van der Waals surface area contributed by atoms with E-state index in [0.29, 0.717) is 12.1 Å². The fourth-order valence-corrected chi connectivity index (χ4v) is 4.15. The maximum atomic E-state index is 12.4. The lowest BCUT2D eigenvalue weighted by Crippen LogP contribution is -2.22. The molecule has 0 aliphatic heterocycles. The summed E-state index contributed by atoms with van der Waals surface area (Å²) in [5.74, 6) is -2.60. The van der Waals surface area contributed by atoms with Gasteiger partial charge in [0.1, 0.15) is 5.00 Å². The van der Waals surface area contributed by atoms with Crippen LogP contribution in [0, 0.1) is 6.92 Å². The van der Waals surface area contributed by atoms with E-state index >= 15 is 0 Å². The number of ether oxygens (including phenoxy) is 2. The summed E-state index contributed by atoms with van der Waals surface area (Å²) in [6.07, 6.45) is 1.42. The summed E-state index contributed by atoms with van der Waals surface area (Å²) in [5, 5.41) is 12.8. The molecule has 178 valence electrons. The summed E-state index contributed by atoms with van der Waals surface area (Å²) >= 11 is 0.925. The number of rotatable bonds is 9. The number of thiophene rings is 1. The summed E-state index contributed by atoms with van der Waals surface area (Å²) in [7, 11) is 1.46. The number of nitrogens with one attached hydrogen (secondary N) is 2. The number of nitrogens with zero attached hydrogens (tertiary/aromatic N) is 3. The van der Waals surface area contributed by atoms with Crippen LogP contribution < -0.4 is 10.6 Å². The van der Waals surface area contributed by atoms with Crippen molar-refractivity contribution in [2.45, 2.75) is 20.4 Å². The molecular formula is C22H23N5O6S. The van der Waals surface area contributed by atoms with Crippen molar-refractivity contribution >= 4 is 40.1 Å². The second-order valence-corrected chi connectivity index (χ2v) is 7.99. The molecule has 2 amide bonds. The maximum absolute atomic E-state index is 12.4. The van der Waals surface area contributed by atoms with Crippen LogP contribution in [0.4, 0.5) is 5.00 Å². The van der Waals surface area contributed by atoms with Crippen molar-refractivity contribution in [3.63, 3.8) is 0 Å². The Labute approximate surface area is 199 Å². The molecule has 12 heteroatoms. The third-order valence-corrected chi connectivity index (χ3v) is 5.79. The molecule has 0 radical (unpaired) electrons. The Hall–Kier alpha value is -4.06. The average Bonchev–Trinajstić information content (AvgIpc) is 3.42. The molecule has 0 fully saturated rings. The minimum absolute atomic E-state index is 0.0511. The number of anilines is 1. The molecule has 3 aromatic rings. The number of carbonyl (C=O) groups is 4. The van der Waals surface area contributed by atoms with Crippen molar-refractivity contribution in [2.75, 3.05) is 25.6 Å². The van der Waals surface area contributed by atoms with Gasteiger partial charge in [-0.05, 0) is 25.0 Å². The normalized spacial score (nSPS) is 10.4. The molecule has 0 saturated heterocycles. The van der Waals surface area contributed by atoms with E-state index in [9.17, 15) is 19.2 Å². The Balaban J connectivity index is 1.64. The SMILES string of the molecule is CCOC(=O)c1c(NC(=O)COC(=O)c2cn(Cc3ccccc3)nn2)sc(C(=O)NC)c1C. The summed E-state index contributed by atoms with van der Waals surface area (Å²) in [6.45, 7) is 3.15. The largest absolute Gasteiger partial charge is 0.462 e. The molecule has 0 bridgehead atoms. The molecule has 2 heterocycles. The third kappa shape index (κ3) is 5.84. The molecule has 0 aliphatic rings. The van der Waals surface area contributed by atoms with Gasteiger partial charge in [-0.1, -0.05) is 35.5 Å². The molecule has 11 nitrogen and oxygen atoms in total. The van der Waals surface area contributed by atoms with Crippen LogP contribution in [-0.2, 0) is 20.8 Å². The van der Waals surface area contributed by atoms with Crippen LogP contribution in [0.15, 0.2) is 36.5 Å². The Kier molecular flexibility index (Phi) is 8.09. The van der Waals surface area contributed by atoms with Crippen molar-refractivity contribution in [3.8, 4) is 0 Å². The second kappa shape index (κ2) is 11.2. The maximum Gasteiger partial charge on any atom is 0.361 e. The highest BCUT2D eigenvalue weighted by Crippen LogP contribution is 2.33. The first kappa shape index (κ1) is 24.6. The molecule has 0 unspecified atom stereocenters. The lowest BCUT2D eigenvalue weighted by atomic mass is 10.1. The number of amides is 2. The lowest BCUT2D eigenvalue weighted by molar-refractivity contribution is -0.119. The lowest BCUT2D eigenvalue weighted by Gasteiger charge is -2.07. The van der Waals surface area contributed by atoms with E-state index in [1.165, 1.54) is 17.9 Å². The van der Waals surface area contributed by atoms with Crippen molar-refractivity contribution in [1.82, 2.24) is 20.3 Å². The average molecular weight is 486 g/mol. The monoisotopic (exact) mass is 485 g/mol. The van der Waals surface area contributed by atoms with E-state index in [2.05, 4.69) is 20.9 Å². The van der Waals surface area contributed by atoms with Crippen LogP contribution in [0.2, 0.25) is 0 Å². The smallest absolute Gasteiger partial charge is 0.361 e. The van der Waals surface area contributed by atoms with Gasteiger partial charge in [0.2, 0.25) is 0 Å². The number of carbonyl (C=O) groups excluding carboxylic acids is 4.